The van der Waals surface area contributed by atoms with E-state index < -0.39 is 5.97 Å². The van der Waals surface area contributed by atoms with E-state index in [9.17, 15) is 9.59 Å². The molecule has 134 valence electrons. The Labute approximate surface area is 142 Å². The monoisotopic (exact) mass is 338 g/mol. The third-order valence-electron chi connectivity index (χ3n) is 3.26. The molecule has 0 unspecified atom stereocenters. The first-order valence-corrected chi connectivity index (χ1v) is 8.25. The molecule has 1 aromatic rings. The first-order chi connectivity index (χ1) is 11.7. The number of rotatable bonds is 14. The number of hydrogen-bond donors (Lipinski definition) is 1. The highest BCUT2D eigenvalue weighted by Crippen LogP contribution is 2.01. The smallest absolute Gasteiger partial charge is 0.305 e. The van der Waals surface area contributed by atoms with Gasteiger partial charge in [0.2, 0.25) is 0 Å². The normalized spacial score (nSPS) is 10.5. The van der Waals surface area contributed by atoms with Crippen LogP contribution >= 0.6 is 0 Å². The van der Waals surface area contributed by atoms with Crippen molar-refractivity contribution in [3.8, 4) is 0 Å². The highest BCUT2D eigenvalue weighted by molar-refractivity contribution is 5.69. The number of carbonyl (C=O) groups excluding carboxylic acids is 1. The van der Waals surface area contributed by atoms with Crippen LogP contribution in [0.1, 0.15) is 31.2 Å². The topological polar surface area (TPSA) is 82.1 Å². The summed E-state index contributed by atoms with van der Waals surface area (Å²) in [5.41, 5.74) is 1.24. The molecule has 0 atom stereocenters. The Balaban J connectivity index is 1.83. The first-order valence-electron chi connectivity index (χ1n) is 8.25. The fourth-order valence-corrected chi connectivity index (χ4v) is 1.99. The average molecular weight is 338 g/mol. The minimum Gasteiger partial charge on any atom is -0.481 e. The Hall–Kier alpha value is -1.92. The molecule has 6 nitrogen and oxygen atoms in total. The highest BCUT2D eigenvalue weighted by Gasteiger charge is 2.04. The molecule has 0 aliphatic carbocycles. The van der Waals surface area contributed by atoms with Crippen LogP contribution in [0.3, 0.4) is 0 Å². The highest BCUT2D eigenvalue weighted by atomic mass is 16.6. The molecule has 0 amide bonds. The Bertz CT molecular complexity index is 460. The van der Waals surface area contributed by atoms with Gasteiger partial charge in [-0.05, 0) is 24.8 Å². The van der Waals surface area contributed by atoms with Gasteiger partial charge in [-0.3, -0.25) is 9.59 Å². The Morgan fingerprint density at radius 1 is 0.833 bits per heavy atom. The number of esters is 1. The standard InChI is InChI=1S/C18H26O6/c19-17(20)8-4-5-9-18(21)24-15-14-23-13-12-22-11-10-16-6-2-1-3-7-16/h1-3,6-7H,4-5,8-15H2,(H,19,20). The van der Waals surface area contributed by atoms with Crippen molar-refractivity contribution in [2.24, 2.45) is 0 Å². The summed E-state index contributed by atoms with van der Waals surface area (Å²) >= 11 is 0. The zero-order valence-electron chi connectivity index (χ0n) is 13.9. The van der Waals surface area contributed by atoms with Gasteiger partial charge in [0.25, 0.3) is 0 Å². The maximum Gasteiger partial charge on any atom is 0.305 e. The van der Waals surface area contributed by atoms with Crippen LogP contribution in [-0.2, 0) is 30.2 Å². The van der Waals surface area contributed by atoms with E-state index in [1.54, 1.807) is 0 Å². The van der Waals surface area contributed by atoms with Gasteiger partial charge in [-0.1, -0.05) is 30.3 Å². The number of carboxylic acid groups (broad SMARTS) is 1. The van der Waals surface area contributed by atoms with Crippen LogP contribution in [0.2, 0.25) is 0 Å². The van der Waals surface area contributed by atoms with E-state index in [0.717, 1.165) is 6.42 Å². The average Bonchev–Trinajstić information content (AvgIpc) is 2.58. The molecule has 0 radical (unpaired) electrons. The van der Waals surface area contributed by atoms with E-state index in [4.69, 9.17) is 19.3 Å². The predicted octanol–water partition coefficient (Wildman–Crippen LogP) is 2.45. The zero-order valence-corrected chi connectivity index (χ0v) is 13.9. The summed E-state index contributed by atoms with van der Waals surface area (Å²) in [4.78, 5) is 21.7. The van der Waals surface area contributed by atoms with Gasteiger partial charge in [0.15, 0.2) is 0 Å². The van der Waals surface area contributed by atoms with E-state index >= 15 is 0 Å². The molecule has 6 heteroatoms. The van der Waals surface area contributed by atoms with Crippen molar-refractivity contribution < 1.29 is 28.9 Å². The van der Waals surface area contributed by atoms with Crippen LogP contribution < -0.4 is 0 Å². The van der Waals surface area contributed by atoms with E-state index in [-0.39, 0.29) is 25.4 Å². The van der Waals surface area contributed by atoms with Crippen molar-refractivity contribution >= 4 is 11.9 Å². The fourth-order valence-electron chi connectivity index (χ4n) is 1.99. The van der Waals surface area contributed by atoms with Crippen molar-refractivity contribution in [2.45, 2.75) is 32.1 Å². The second-order valence-corrected chi connectivity index (χ2v) is 5.28. The molecule has 1 aromatic carbocycles. The minimum absolute atomic E-state index is 0.0840. The molecule has 0 aromatic heterocycles. The lowest BCUT2D eigenvalue weighted by molar-refractivity contribution is -0.146. The molecular formula is C18H26O6. The number of unbranched alkanes of at least 4 members (excludes halogenated alkanes) is 1. The molecule has 24 heavy (non-hydrogen) atoms. The van der Waals surface area contributed by atoms with Crippen molar-refractivity contribution in [1.82, 2.24) is 0 Å². The number of hydrogen-bond acceptors (Lipinski definition) is 5. The lowest BCUT2D eigenvalue weighted by Gasteiger charge is -2.07. The number of carbonyl (C=O) groups is 2. The van der Waals surface area contributed by atoms with Crippen molar-refractivity contribution in [2.75, 3.05) is 33.0 Å². The lowest BCUT2D eigenvalue weighted by Crippen LogP contribution is -2.13. The summed E-state index contributed by atoms with van der Waals surface area (Å²) in [6.45, 7) is 2.17. The number of ether oxygens (including phenoxy) is 3. The maximum absolute atomic E-state index is 11.3. The number of carboxylic acids is 1. The Morgan fingerprint density at radius 3 is 2.17 bits per heavy atom. The van der Waals surface area contributed by atoms with Crippen molar-refractivity contribution in [3.05, 3.63) is 35.9 Å². The first kappa shape index (κ1) is 20.1. The summed E-state index contributed by atoms with van der Waals surface area (Å²) in [5, 5.41) is 8.47. The molecule has 0 bridgehead atoms. The molecule has 0 spiro atoms. The molecule has 0 aliphatic rings. The summed E-state index contributed by atoms with van der Waals surface area (Å²) in [6.07, 6.45) is 2.22. The second kappa shape index (κ2) is 13.5. The third-order valence-corrected chi connectivity index (χ3v) is 3.26. The lowest BCUT2D eigenvalue weighted by atomic mass is 10.2. The second-order valence-electron chi connectivity index (χ2n) is 5.28. The summed E-state index contributed by atoms with van der Waals surface area (Å²) < 4.78 is 15.8. The zero-order chi connectivity index (χ0) is 17.5. The van der Waals surface area contributed by atoms with Gasteiger partial charge in [0.05, 0.1) is 26.4 Å². The largest absolute Gasteiger partial charge is 0.481 e. The molecule has 0 saturated heterocycles. The fraction of sp³-hybridized carbons (Fsp3) is 0.556. The summed E-state index contributed by atoms with van der Waals surface area (Å²) in [5.74, 6) is -1.16. The number of aliphatic carboxylic acids is 1. The van der Waals surface area contributed by atoms with Gasteiger partial charge in [0.1, 0.15) is 6.61 Å². The minimum atomic E-state index is -0.845. The van der Waals surface area contributed by atoms with Crippen LogP contribution in [0.4, 0.5) is 0 Å². The van der Waals surface area contributed by atoms with E-state index in [1.807, 2.05) is 18.2 Å². The van der Waals surface area contributed by atoms with Crippen LogP contribution in [0, 0.1) is 0 Å². The molecule has 0 aliphatic heterocycles. The van der Waals surface area contributed by atoms with E-state index in [1.165, 1.54) is 5.56 Å². The van der Waals surface area contributed by atoms with Gasteiger partial charge in [-0.15, -0.1) is 0 Å². The molecular weight excluding hydrogens is 312 g/mol. The molecule has 1 rings (SSSR count). The van der Waals surface area contributed by atoms with E-state index in [2.05, 4.69) is 12.1 Å². The van der Waals surface area contributed by atoms with Gasteiger partial charge < -0.3 is 19.3 Å². The van der Waals surface area contributed by atoms with Crippen molar-refractivity contribution in [3.63, 3.8) is 0 Å². The predicted molar refractivity (Wildman–Crippen MR) is 88.8 cm³/mol. The van der Waals surface area contributed by atoms with Crippen LogP contribution in [0.5, 0.6) is 0 Å². The Morgan fingerprint density at radius 2 is 1.46 bits per heavy atom. The molecule has 0 fully saturated rings. The third kappa shape index (κ3) is 11.6. The van der Waals surface area contributed by atoms with Gasteiger partial charge >= 0.3 is 11.9 Å². The number of benzene rings is 1. The molecule has 0 heterocycles. The summed E-state index contributed by atoms with van der Waals surface area (Å²) in [6, 6.07) is 10.1. The van der Waals surface area contributed by atoms with Gasteiger partial charge in [-0.25, -0.2) is 0 Å². The van der Waals surface area contributed by atoms with Crippen LogP contribution in [0.15, 0.2) is 30.3 Å². The molecule has 0 saturated carbocycles. The maximum atomic E-state index is 11.3. The quantitative estimate of drug-likeness (QED) is 0.414. The SMILES string of the molecule is O=C(O)CCCCC(=O)OCCOCCOCCc1ccccc1. The van der Waals surface area contributed by atoms with Crippen LogP contribution in [-0.4, -0.2) is 50.1 Å². The molecule has 1 N–H and O–H groups in total. The van der Waals surface area contributed by atoms with Crippen LogP contribution in [0.25, 0.3) is 0 Å². The van der Waals surface area contributed by atoms with E-state index in [0.29, 0.717) is 39.3 Å². The van der Waals surface area contributed by atoms with Gasteiger partial charge in [0, 0.05) is 12.8 Å². The Kier molecular flexibility index (Phi) is 11.3. The van der Waals surface area contributed by atoms with Crippen molar-refractivity contribution in [1.29, 1.82) is 0 Å². The summed E-state index contributed by atoms with van der Waals surface area (Å²) in [7, 11) is 0. The van der Waals surface area contributed by atoms with Gasteiger partial charge in [-0.2, -0.15) is 0 Å².